The van der Waals surface area contributed by atoms with E-state index < -0.39 is 0 Å². The summed E-state index contributed by atoms with van der Waals surface area (Å²) in [4.78, 5) is 6.46. The molecule has 0 fully saturated rings. The first-order chi connectivity index (χ1) is 10.0. The maximum absolute atomic E-state index is 13.9. The molecule has 0 saturated carbocycles. The van der Waals surface area contributed by atoms with E-state index in [9.17, 15) is 4.39 Å². The van der Waals surface area contributed by atoms with E-state index in [-0.39, 0.29) is 11.9 Å². The van der Waals surface area contributed by atoms with Gasteiger partial charge in [-0.3, -0.25) is 4.98 Å². The van der Waals surface area contributed by atoms with E-state index in [0.29, 0.717) is 12.1 Å². The zero-order valence-corrected chi connectivity index (χ0v) is 13.0. The number of halogens is 1. The molecule has 0 amide bonds. The van der Waals surface area contributed by atoms with Crippen molar-refractivity contribution in [3.05, 3.63) is 59.2 Å². The summed E-state index contributed by atoms with van der Waals surface area (Å²) in [5, 5.41) is 3.18. The Bertz CT molecular complexity index is 598. The maximum Gasteiger partial charge on any atom is 0.126 e. The average molecular weight is 287 g/mol. The molecule has 112 valence electrons. The highest BCUT2D eigenvalue weighted by Gasteiger charge is 2.15. The molecule has 0 aliphatic heterocycles. The van der Waals surface area contributed by atoms with Crippen molar-refractivity contribution in [3.8, 4) is 0 Å². The van der Waals surface area contributed by atoms with E-state index in [1.807, 2.05) is 45.3 Å². The molecule has 0 spiro atoms. The van der Waals surface area contributed by atoms with Gasteiger partial charge in [-0.15, -0.1) is 0 Å². The van der Waals surface area contributed by atoms with Crippen LogP contribution in [0.25, 0.3) is 0 Å². The van der Waals surface area contributed by atoms with Crippen molar-refractivity contribution in [3.63, 3.8) is 0 Å². The van der Waals surface area contributed by atoms with Crippen LogP contribution in [0.3, 0.4) is 0 Å². The number of hydrogen-bond donors (Lipinski definition) is 1. The van der Waals surface area contributed by atoms with Gasteiger partial charge in [0.2, 0.25) is 0 Å². The van der Waals surface area contributed by atoms with Gasteiger partial charge in [0.1, 0.15) is 5.82 Å². The van der Waals surface area contributed by atoms with E-state index in [0.717, 1.165) is 16.9 Å². The third-order valence-corrected chi connectivity index (χ3v) is 3.74. The quantitative estimate of drug-likeness (QED) is 0.913. The van der Waals surface area contributed by atoms with Crippen LogP contribution in [0.2, 0.25) is 0 Å². The average Bonchev–Trinajstić information content (AvgIpc) is 2.49. The SMILES string of the molecule is CNC(C)c1cc(F)c(C)cc1N(C)Cc1ccccn1. The van der Waals surface area contributed by atoms with Crippen molar-refractivity contribution in [1.29, 1.82) is 0 Å². The summed E-state index contributed by atoms with van der Waals surface area (Å²) in [5.41, 5.74) is 3.63. The minimum atomic E-state index is -0.165. The van der Waals surface area contributed by atoms with Crippen LogP contribution < -0.4 is 10.2 Å². The fourth-order valence-electron chi connectivity index (χ4n) is 2.33. The Balaban J connectivity index is 2.35. The first-order valence-corrected chi connectivity index (χ1v) is 7.11. The van der Waals surface area contributed by atoms with Gasteiger partial charge in [0.15, 0.2) is 0 Å². The summed E-state index contributed by atoms with van der Waals surface area (Å²) >= 11 is 0. The molecule has 0 bridgehead atoms. The molecule has 2 aromatic rings. The third-order valence-electron chi connectivity index (χ3n) is 3.74. The molecule has 1 unspecified atom stereocenters. The highest BCUT2D eigenvalue weighted by Crippen LogP contribution is 2.29. The van der Waals surface area contributed by atoms with Crippen LogP contribution >= 0.6 is 0 Å². The summed E-state index contributed by atoms with van der Waals surface area (Å²) < 4.78 is 13.9. The van der Waals surface area contributed by atoms with Crippen molar-refractivity contribution in [2.24, 2.45) is 0 Å². The molecule has 0 radical (unpaired) electrons. The second kappa shape index (κ2) is 6.68. The third kappa shape index (κ3) is 3.58. The molecule has 2 rings (SSSR count). The Hall–Kier alpha value is -1.94. The lowest BCUT2D eigenvalue weighted by Crippen LogP contribution is -2.22. The van der Waals surface area contributed by atoms with E-state index >= 15 is 0 Å². The number of benzene rings is 1. The first kappa shape index (κ1) is 15.4. The molecule has 0 saturated heterocycles. The Kier molecular flexibility index (Phi) is 4.91. The molecule has 4 heteroatoms. The molecular weight excluding hydrogens is 265 g/mol. The topological polar surface area (TPSA) is 28.2 Å². The van der Waals surface area contributed by atoms with Crippen LogP contribution in [0.5, 0.6) is 0 Å². The first-order valence-electron chi connectivity index (χ1n) is 7.11. The minimum Gasteiger partial charge on any atom is -0.368 e. The molecule has 0 aliphatic carbocycles. The zero-order chi connectivity index (χ0) is 15.4. The van der Waals surface area contributed by atoms with Crippen molar-refractivity contribution < 1.29 is 4.39 Å². The fraction of sp³-hybridized carbons (Fsp3) is 0.353. The van der Waals surface area contributed by atoms with E-state index in [2.05, 4.69) is 15.2 Å². The predicted octanol–water partition coefficient (Wildman–Crippen LogP) is 3.45. The Labute approximate surface area is 125 Å². The summed E-state index contributed by atoms with van der Waals surface area (Å²) in [5.74, 6) is -0.165. The summed E-state index contributed by atoms with van der Waals surface area (Å²) in [7, 11) is 3.89. The molecule has 3 nitrogen and oxygen atoms in total. The van der Waals surface area contributed by atoms with E-state index in [4.69, 9.17) is 0 Å². The fourth-order valence-corrected chi connectivity index (χ4v) is 2.33. The highest BCUT2D eigenvalue weighted by atomic mass is 19.1. The monoisotopic (exact) mass is 287 g/mol. The van der Waals surface area contributed by atoms with E-state index in [1.165, 1.54) is 0 Å². The molecule has 1 aromatic heterocycles. The van der Waals surface area contributed by atoms with Gasteiger partial charge >= 0.3 is 0 Å². The van der Waals surface area contributed by atoms with E-state index in [1.54, 1.807) is 19.2 Å². The van der Waals surface area contributed by atoms with Gasteiger partial charge in [0, 0.05) is 25.0 Å². The van der Waals surface area contributed by atoms with Crippen LogP contribution in [0.4, 0.5) is 10.1 Å². The smallest absolute Gasteiger partial charge is 0.126 e. The van der Waals surface area contributed by atoms with Crippen molar-refractivity contribution in [2.45, 2.75) is 26.4 Å². The van der Waals surface area contributed by atoms with Gasteiger partial charge in [0.25, 0.3) is 0 Å². The highest BCUT2D eigenvalue weighted by molar-refractivity contribution is 5.56. The van der Waals surface area contributed by atoms with Crippen LogP contribution in [0.1, 0.15) is 29.8 Å². The number of pyridine rings is 1. The van der Waals surface area contributed by atoms with Crippen LogP contribution in [0, 0.1) is 12.7 Å². The van der Waals surface area contributed by atoms with Crippen molar-refractivity contribution >= 4 is 5.69 Å². The standard InChI is InChI=1S/C17H22FN3/c1-12-9-17(15(10-16(12)18)13(2)19-3)21(4)11-14-7-5-6-8-20-14/h5-10,13,19H,11H2,1-4H3. The Morgan fingerprint density at radius 1 is 1.33 bits per heavy atom. The second-order valence-electron chi connectivity index (χ2n) is 5.35. The second-order valence-corrected chi connectivity index (χ2v) is 5.35. The number of anilines is 1. The molecule has 0 aliphatic rings. The summed E-state index contributed by atoms with van der Waals surface area (Å²) in [6.45, 7) is 4.51. The van der Waals surface area contributed by atoms with Crippen molar-refractivity contribution in [1.82, 2.24) is 10.3 Å². The minimum absolute atomic E-state index is 0.0845. The summed E-state index contributed by atoms with van der Waals surface area (Å²) in [6, 6.07) is 9.49. The van der Waals surface area contributed by atoms with Gasteiger partial charge in [0.05, 0.1) is 12.2 Å². The molecule has 1 atom stereocenters. The Morgan fingerprint density at radius 3 is 2.71 bits per heavy atom. The predicted molar refractivity (Wildman–Crippen MR) is 85.0 cm³/mol. The largest absolute Gasteiger partial charge is 0.368 e. The van der Waals surface area contributed by atoms with Gasteiger partial charge < -0.3 is 10.2 Å². The number of hydrogen-bond acceptors (Lipinski definition) is 3. The molecule has 1 N–H and O–H groups in total. The molecule has 21 heavy (non-hydrogen) atoms. The lowest BCUT2D eigenvalue weighted by molar-refractivity contribution is 0.600. The number of aromatic nitrogens is 1. The number of nitrogens with zero attached hydrogens (tertiary/aromatic N) is 2. The molecule has 1 aromatic carbocycles. The Morgan fingerprint density at radius 2 is 2.10 bits per heavy atom. The van der Waals surface area contributed by atoms with Gasteiger partial charge in [-0.05, 0) is 56.3 Å². The number of rotatable bonds is 5. The lowest BCUT2D eigenvalue weighted by Gasteiger charge is -2.25. The van der Waals surface area contributed by atoms with Crippen molar-refractivity contribution in [2.75, 3.05) is 19.0 Å². The van der Waals surface area contributed by atoms with Gasteiger partial charge in [-0.25, -0.2) is 4.39 Å². The summed E-state index contributed by atoms with van der Waals surface area (Å²) in [6.07, 6.45) is 1.79. The van der Waals surface area contributed by atoms with Crippen LogP contribution in [-0.4, -0.2) is 19.1 Å². The zero-order valence-electron chi connectivity index (χ0n) is 13.0. The maximum atomic E-state index is 13.9. The molecule has 1 heterocycles. The van der Waals surface area contributed by atoms with Crippen LogP contribution in [-0.2, 0) is 6.54 Å². The normalized spacial score (nSPS) is 12.2. The number of aryl methyl sites for hydroxylation is 1. The number of nitrogens with one attached hydrogen (secondary N) is 1. The molecular formula is C17H22FN3. The lowest BCUT2D eigenvalue weighted by atomic mass is 10.0. The van der Waals surface area contributed by atoms with Gasteiger partial charge in [-0.1, -0.05) is 6.07 Å². The van der Waals surface area contributed by atoms with Gasteiger partial charge in [-0.2, -0.15) is 0 Å². The van der Waals surface area contributed by atoms with Crippen LogP contribution in [0.15, 0.2) is 36.5 Å².